The lowest BCUT2D eigenvalue weighted by atomic mass is 9.84. The Morgan fingerprint density at radius 2 is 0.475 bits per heavy atom. The molecular weight excluding hydrogens is 1690 g/mol. The van der Waals surface area contributed by atoms with Crippen molar-refractivity contribution in [3.05, 3.63) is 491 Å². The maximum absolute atomic E-state index is 6.89. The summed E-state index contributed by atoms with van der Waals surface area (Å²) in [4.78, 5) is 4.41. The first-order chi connectivity index (χ1) is 68.9. The van der Waals surface area contributed by atoms with Crippen molar-refractivity contribution in [3.63, 3.8) is 0 Å². The number of fused-ring (bicyclic) bond motifs is 21. The van der Waals surface area contributed by atoms with Crippen molar-refractivity contribution in [3.8, 4) is 111 Å². The molecule has 0 radical (unpaired) electrons. The molecule has 0 saturated heterocycles. The van der Waals surface area contributed by atoms with E-state index in [9.17, 15) is 0 Å². The molecule has 5 nitrogen and oxygen atoms in total. The summed E-state index contributed by atoms with van der Waals surface area (Å²) >= 11 is 0. The number of benzene rings is 24. The quantitative estimate of drug-likeness (QED) is 0.101. The normalized spacial score (nSPS) is 11.8. The highest BCUT2D eigenvalue weighted by molar-refractivity contribution is 6.32. The second-order valence-electron chi connectivity index (χ2n) is 36.3. The summed E-state index contributed by atoms with van der Waals surface area (Å²) in [6, 6.07) is 170. The number of aryl methyl sites for hydroxylation is 1. The summed E-state index contributed by atoms with van der Waals surface area (Å²) in [6.07, 6.45) is 3.71. The van der Waals surface area contributed by atoms with E-state index in [4.69, 9.17) is 17.7 Å². The molecule has 5 heterocycles. The first-order valence-electron chi connectivity index (χ1n) is 47.6. The SMILES string of the molecule is Cc1ccc(-c2c3ccccc3c(-c3ccc(-c4cc5ccccc5c5ccccc45)c4oc5ccccc5c34)c3ccccc23)cc1.c1ccc(-c2cccc(-c3c4ccccc4c(-c4ccc(-c5ccccc5)c5oc6ccccc6c45)c4ccccc34)c2)cc1.c1cncc(-c2ccc(-c3c4ccccc4c(-c4ccc5oc6ccccc6c5c4)c4ccccc34)c3c2oc2ccccc23)c1. The Balaban J connectivity index is 0.000000105. The molecular formula is C134H83NO4. The molecule has 0 unspecified atom stereocenters. The fraction of sp³-hybridized carbons (Fsp3) is 0.00746. The maximum atomic E-state index is 6.89. The zero-order chi connectivity index (χ0) is 91.7. The molecule has 0 amide bonds. The van der Waals surface area contributed by atoms with Gasteiger partial charge in [-0.1, -0.05) is 406 Å². The zero-order valence-electron chi connectivity index (χ0n) is 75.8. The van der Waals surface area contributed by atoms with Gasteiger partial charge in [0.25, 0.3) is 0 Å². The van der Waals surface area contributed by atoms with E-state index < -0.39 is 0 Å². The number of para-hydroxylation sites is 4. The van der Waals surface area contributed by atoms with Crippen LogP contribution >= 0.6 is 0 Å². The van der Waals surface area contributed by atoms with Crippen LogP contribution < -0.4 is 0 Å². The van der Waals surface area contributed by atoms with Crippen molar-refractivity contribution in [1.82, 2.24) is 4.98 Å². The Labute approximate surface area is 800 Å². The van der Waals surface area contributed by atoms with E-state index in [1.54, 1.807) is 6.20 Å². The fourth-order valence-electron chi connectivity index (χ4n) is 22.5. The predicted molar refractivity (Wildman–Crippen MR) is 585 cm³/mol. The topological polar surface area (TPSA) is 65.5 Å². The van der Waals surface area contributed by atoms with Gasteiger partial charge in [0.1, 0.15) is 44.7 Å². The van der Waals surface area contributed by atoms with Crippen LogP contribution in [-0.2, 0) is 0 Å². The average molecular weight is 1770 g/mol. The molecule has 29 rings (SSSR count). The standard InChI is InChI=1S/C47H30O.C44H28O.C43H25NO2/c1-29-22-24-30(25-23-29)44-35-16-6-8-18-37(35)45(38-19-9-7-17-36(38)44)41-27-26-39(47-46(41)40-20-10-11-21-43(40)48-47)42-28-31-12-2-3-13-32(31)33-14-4-5-15-34(33)42;1-3-14-29(15-4-1)31-18-13-19-32(28-31)41-34-20-7-9-22-36(34)42(37-23-10-8-21-35(37)41)39-27-26-33(30-16-5-2-6-17-30)44-43(39)38-24-11-12-25-40(38)45-44;1-3-14-32-30(12-1)40(26-19-22-39-36(24-26)29-11-5-7-17-37(29)45-39)31-13-2-4-15-33(31)41(32)35-21-20-28(27-10-9-23-44-25-27)43-42(35)34-16-6-8-18-38(34)46-43/h2-28H,1H3;1-28H;1-25H. The van der Waals surface area contributed by atoms with E-state index in [0.29, 0.717) is 0 Å². The lowest BCUT2D eigenvalue weighted by Crippen LogP contribution is -1.92. The molecule has 5 heteroatoms. The minimum Gasteiger partial charge on any atom is -0.456 e. The molecule has 0 saturated carbocycles. The largest absolute Gasteiger partial charge is 0.456 e. The zero-order valence-corrected chi connectivity index (χ0v) is 75.8. The Hall–Kier alpha value is -18.3. The van der Waals surface area contributed by atoms with Gasteiger partial charge in [0, 0.05) is 77.7 Å². The Kier molecular flexibility index (Phi) is 19.1. The van der Waals surface area contributed by atoms with Crippen molar-refractivity contribution in [2.75, 3.05) is 0 Å². The average Bonchev–Trinajstić information content (AvgIpc) is 1.66. The van der Waals surface area contributed by atoms with Gasteiger partial charge in [0.05, 0.1) is 0 Å². The molecule has 0 aliphatic rings. The molecule has 5 aromatic heterocycles. The Bertz CT molecular complexity index is 9860. The third-order valence-electron chi connectivity index (χ3n) is 28.6. The third kappa shape index (κ3) is 13.3. The van der Waals surface area contributed by atoms with Gasteiger partial charge in [-0.05, 0) is 255 Å². The van der Waals surface area contributed by atoms with Gasteiger partial charge in [-0.3, -0.25) is 4.98 Å². The number of hydrogen-bond donors (Lipinski definition) is 0. The van der Waals surface area contributed by atoms with Gasteiger partial charge in [0.2, 0.25) is 0 Å². The van der Waals surface area contributed by atoms with Gasteiger partial charge in [0.15, 0.2) is 0 Å². The second kappa shape index (κ2) is 33.1. The van der Waals surface area contributed by atoms with E-state index in [1.165, 1.54) is 170 Å². The lowest BCUT2D eigenvalue weighted by molar-refractivity contribution is 0.669. The van der Waals surface area contributed by atoms with E-state index in [-0.39, 0.29) is 0 Å². The van der Waals surface area contributed by atoms with Crippen LogP contribution in [0.3, 0.4) is 0 Å². The highest BCUT2D eigenvalue weighted by Crippen LogP contribution is 2.55. The van der Waals surface area contributed by atoms with Crippen molar-refractivity contribution in [1.29, 1.82) is 0 Å². The highest BCUT2D eigenvalue weighted by atomic mass is 16.3. The summed E-state index contributed by atoms with van der Waals surface area (Å²) in [5.74, 6) is 0. The molecule has 0 N–H and O–H groups in total. The predicted octanol–water partition coefficient (Wildman–Crippen LogP) is 38.3. The molecule has 24 aromatic carbocycles. The monoisotopic (exact) mass is 1770 g/mol. The summed E-state index contributed by atoms with van der Waals surface area (Å²) in [7, 11) is 0. The number of hydrogen-bond acceptors (Lipinski definition) is 5. The van der Waals surface area contributed by atoms with Crippen molar-refractivity contribution >= 4 is 174 Å². The van der Waals surface area contributed by atoms with Crippen LogP contribution in [0.1, 0.15) is 5.56 Å². The Morgan fingerprint density at radius 1 is 0.158 bits per heavy atom. The molecule has 0 aliphatic carbocycles. The molecule has 0 aliphatic heterocycles. The summed E-state index contributed by atoms with van der Waals surface area (Å²) in [5.41, 5.74) is 32.1. The number of nitrogens with zero attached hydrogens (tertiary/aromatic N) is 1. The van der Waals surface area contributed by atoms with Gasteiger partial charge in [-0.2, -0.15) is 0 Å². The molecule has 0 spiro atoms. The summed E-state index contributed by atoms with van der Waals surface area (Å²) in [6.45, 7) is 2.15. The Morgan fingerprint density at radius 3 is 0.935 bits per heavy atom. The number of furan rings is 4. The lowest BCUT2D eigenvalue weighted by Gasteiger charge is -2.19. The summed E-state index contributed by atoms with van der Waals surface area (Å²) < 4.78 is 26.4. The molecule has 29 aromatic rings. The first kappa shape index (κ1) is 80.4. The van der Waals surface area contributed by atoms with Gasteiger partial charge in [-0.25, -0.2) is 0 Å². The van der Waals surface area contributed by atoms with Crippen LogP contribution in [-0.4, -0.2) is 4.98 Å². The van der Waals surface area contributed by atoms with E-state index >= 15 is 0 Å². The second-order valence-corrected chi connectivity index (χ2v) is 36.3. The minimum absolute atomic E-state index is 0.876. The molecule has 139 heavy (non-hydrogen) atoms. The molecule has 0 bridgehead atoms. The van der Waals surface area contributed by atoms with Crippen molar-refractivity contribution in [2.45, 2.75) is 6.92 Å². The minimum atomic E-state index is 0.876. The van der Waals surface area contributed by atoms with Crippen molar-refractivity contribution < 1.29 is 17.7 Å². The van der Waals surface area contributed by atoms with Gasteiger partial charge in [-0.15, -0.1) is 0 Å². The number of aromatic nitrogens is 1. The van der Waals surface area contributed by atoms with Crippen LogP contribution in [0.5, 0.6) is 0 Å². The van der Waals surface area contributed by atoms with Crippen LogP contribution in [0.25, 0.3) is 285 Å². The van der Waals surface area contributed by atoms with Gasteiger partial charge >= 0.3 is 0 Å². The van der Waals surface area contributed by atoms with Crippen LogP contribution in [0.15, 0.2) is 503 Å². The van der Waals surface area contributed by atoms with Crippen LogP contribution in [0.4, 0.5) is 0 Å². The van der Waals surface area contributed by atoms with Crippen LogP contribution in [0.2, 0.25) is 0 Å². The fourth-order valence-corrected chi connectivity index (χ4v) is 22.5. The third-order valence-corrected chi connectivity index (χ3v) is 28.6. The van der Waals surface area contributed by atoms with Gasteiger partial charge < -0.3 is 17.7 Å². The molecule has 648 valence electrons. The number of rotatable bonds is 10. The molecule has 0 fully saturated rings. The van der Waals surface area contributed by atoms with E-state index in [1.807, 2.05) is 30.5 Å². The highest BCUT2D eigenvalue weighted by Gasteiger charge is 2.29. The first-order valence-corrected chi connectivity index (χ1v) is 47.6. The summed E-state index contributed by atoms with van der Waals surface area (Å²) in [5, 5.41) is 28.8. The van der Waals surface area contributed by atoms with Crippen LogP contribution in [0, 0.1) is 6.92 Å². The smallest absolute Gasteiger partial charge is 0.143 e. The van der Waals surface area contributed by atoms with E-state index in [0.717, 1.165) is 121 Å². The maximum Gasteiger partial charge on any atom is 0.143 e. The van der Waals surface area contributed by atoms with Crippen molar-refractivity contribution in [2.24, 2.45) is 0 Å². The molecule has 0 atom stereocenters. The number of pyridine rings is 1. The van der Waals surface area contributed by atoms with E-state index in [2.05, 4.69) is 461 Å².